The number of hydrogen-bond donors (Lipinski definition) is 2. The lowest BCUT2D eigenvalue weighted by molar-refractivity contribution is -0.123. The van der Waals surface area contributed by atoms with E-state index in [0.29, 0.717) is 36.2 Å². The van der Waals surface area contributed by atoms with E-state index >= 15 is 0 Å². The zero-order valence-electron chi connectivity index (χ0n) is 15.0. The summed E-state index contributed by atoms with van der Waals surface area (Å²) >= 11 is 0. The Balaban J connectivity index is 1.66. The molecule has 0 saturated heterocycles. The number of carbonyl (C=O) groups excluding carboxylic acids is 1. The molecule has 2 atom stereocenters. The summed E-state index contributed by atoms with van der Waals surface area (Å²) in [5, 5.41) is 14.3. The van der Waals surface area contributed by atoms with Gasteiger partial charge >= 0.3 is 0 Å². The van der Waals surface area contributed by atoms with Gasteiger partial charge in [0.05, 0.1) is 12.2 Å². The van der Waals surface area contributed by atoms with Crippen molar-refractivity contribution in [2.45, 2.75) is 58.7 Å². The molecule has 7 nitrogen and oxygen atoms in total. The van der Waals surface area contributed by atoms with Gasteiger partial charge in [0.1, 0.15) is 5.75 Å². The van der Waals surface area contributed by atoms with Crippen LogP contribution in [0.25, 0.3) is 0 Å². The second kappa shape index (κ2) is 7.23. The maximum atomic E-state index is 11.8. The van der Waals surface area contributed by atoms with Crippen molar-refractivity contribution in [2.75, 3.05) is 5.32 Å². The van der Waals surface area contributed by atoms with Crippen LogP contribution in [0.3, 0.4) is 0 Å². The Bertz CT molecular complexity index is 757. The molecule has 0 spiro atoms. The van der Waals surface area contributed by atoms with Crippen LogP contribution in [0.4, 0.5) is 5.69 Å². The third-order valence-corrected chi connectivity index (χ3v) is 4.23. The molecule has 25 heavy (non-hydrogen) atoms. The Hall–Kier alpha value is -2.41. The molecule has 1 aliphatic rings. The van der Waals surface area contributed by atoms with Crippen molar-refractivity contribution < 1.29 is 13.9 Å². The summed E-state index contributed by atoms with van der Waals surface area (Å²) in [5.41, 5.74) is 1.78. The number of anilines is 1. The monoisotopic (exact) mass is 344 g/mol. The van der Waals surface area contributed by atoms with Crippen molar-refractivity contribution >= 4 is 11.6 Å². The summed E-state index contributed by atoms with van der Waals surface area (Å²) in [6.45, 7) is 8.51. The summed E-state index contributed by atoms with van der Waals surface area (Å²) < 4.78 is 11.4. The molecule has 0 unspecified atom stereocenters. The van der Waals surface area contributed by atoms with Crippen LogP contribution in [0.5, 0.6) is 5.75 Å². The van der Waals surface area contributed by atoms with Gasteiger partial charge in [-0.1, -0.05) is 26.8 Å². The lowest BCUT2D eigenvalue weighted by Crippen LogP contribution is -2.36. The number of carbonyl (C=O) groups is 1. The van der Waals surface area contributed by atoms with Crippen LogP contribution in [0.15, 0.2) is 22.6 Å². The fourth-order valence-electron chi connectivity index (χ4n) is 2.63. The molecular weight excluding hydrogens is 320 g/mol. The Kier molecular flexibility index (Phi) is 5.03. The summed E-state index contributed by atoms with van der Waals surface area (Å²) in [6.07, 6.45) is 0.206. The molecule has 2 heterocycles. The average molecular weight is 344 g/mol. The van der Waals surface area contributed by atoms with Crippen LogP contribution >= 0.6 is 0 Å². The highest BCUT2D eigenvalue weighted by molar-refractivity contribution is 5.97. The van der Waals surface area contributed by atoms with Crippen molar-refractivity contribution in [1.82, 2.24) is 15.5 Å². The smallest absolute Gasteiger partial charge is 0.265 e. The topological polar surface area (TPSA) is 89.3 Å². The summed E-state index contributed by atoms with van der Waals surface area (Å²) in [4.78, 5) is 11.8. The number of ether oxygens (including phenoxy) is 1. The quantitative estimate of drug-likeness (QED) is 0.837. The second-order valence-corrected chi connectivity index (χ2v) is 6.55. The van der Waals surface area contributed by atoms with E-state index in [0.717, 1.165) is 5.56 Å². The number of benzene rings is 1. The van der Waals surface area contributed by atoms with E-state index < -0.39 is 6.10 Å². The Morgan fingerprint density at radius 1 is 1.28 bits per heavy atom. The van der Waals surface area contributed by atoms with Crippen molar-refractivity contribution in [3.63, 3.8) is 0 Å². The van der Waals surface area contributed by atoms with Crippen molar-refractivity contribution in [3.05, 3.63) is 35.5 Å². The van der Waals surface area contributed by atoms with Gasteiger partial charge in [0.2, 0.25) is 11.8 Å². The van der Waals surface area contributed by atoms with Crippen LogP contribution < -0.4 is 15.4 Å². The predicted molar refractivity (Wildman–Crippen MR) is 93.4 cm³/mol. The van der Waals surface area contributed by atoms with Crippen LogP contribution in [0, 0.1) is 0 Å². The second-order valence-electron chi connectivity index (χ2n) is 6.55. The highest BCUT2D eigenvalue weighted by Crippen LogP contribution is 2.33. The molecule has 0 aliphatic carbocycles. The zero-order chi connectivity index (χ0) is 18.0. The minimum absolute atomic E-state index is 0.0704. The molecule has 2 aromatic rings. The minimum atomic E-state index is -0.432. The molecule has 1 amide bonds. The molecule has 0 saturated carbocycles. The van der Waals surface area contributed by atoms with E-state index in [-0.39, 0.29) is 17.9 Å². The van der Waals surface area contributed by atoms with Crippen LogP contribution in [0.1, 0.15) is 63.4 Å². The first-order valence-electron chi connectivity index (χ1n) is 8.65. The lowest BCUT2D eigenvalue weighted by Gasteiger charge is -2.26. The number of hydrogen-bond acceptors (Lipinski definition) is 6. The van der Waals surface area contributed by atoms with Crippen molar-refractivity contribution in [3.8, 4) is 5.75 Å². The van der Waals surface area contributed by atoms with Gasteiger partial charge in [-0.25, -0.2) is 0 Å². The molecule has 1 aliphatic heterocycles. The molecule has 0 fully saturated rings. The predicted octanol–water partition coefficient (Wildman–Crippen LogP) is 3.15. The van der Waals surface area contributed by atoms with E-state index in [2.05, 4.69) is 27.8 Å². The largest absolute Gasteiger partial charge is 0.478 e. The van der Waals surface area contributed by atoms with Gasteiger partial charge < -0.3 is 19.8 Å². The molecule has 3 rings (SSSR count). The van der Waals surface area contributed by atoms with Gasteiger partial charge in [-0.05, 0) is 31.0 Å². The van der Waals surface area contributed by atoms with Crippen LogP contribution in [-0.2, 0) is 11.3 Å². The van der Waals surface area contributed by atoms with Gasteiger partial charge in [-0.15, -0.1) is 10.2 Å². The molecule has 0 bridgehead atoms. The van der Waals surface area contributed by atoms with E-state index in [4.69, 9.17) is 9.15 Å². The Morgan fingerprint density at radius 2 is 2.08 bits per heavy atom. The summed E-state index contributed by atoms with van der Waals surface area (Å²) in [6, 6.07) is 5.87. The number of amides is 1. The molecular formula is C18H24N4O3. The van der Waals surface area contributed by atoms with E-state index in [9.17, 15) is 4.79 Å². The number of aromatic nitrogens is 2. The van der Waals surface area contributed by atoms with Crippen molar-refractivity contribution in [2.24, 2.45) is 0 Å². The summed E-state index contributed by atoms with van der Waals surface area (Å²) in [7, 11) is 0. The molecule has 134 valence electrons. The molecule has 1 aromatic carbocycles. The number of rotatable bonds is 6. The minimum Gasteiger partial charge on any atom is -0.478 e. The first-order chi connectivity index (χ1) is 12.0. The fourth-order valence-corrected chi connectivity index (χ4v) is 2.63. The number of nitrogens with zero attached hydrogens (tertiary/aromatic N) is 2. The first-order valence-corrected chi connectivity index (χ1v) is 8.65. The molecule has 2 N–H and O–H groups in total. The van der Waals surface area contributed by atoms with E-state index in [1.54, 1.807) is 0 Å². The molecule has 1 aromatic heterocycles. The van der Waals surface area contributed by atoms with Crippen molar-refractivity contribution in [1.29, 1.82) is 0 Å². The maximum Gasteiger partial charge on any atom is 0.265 e. The highest BCUT2D eigenvalue weighted by Gasteiger charge is 2.26. The van der Waals surface area contributed by atoms with Gasteiger partial charge in [-0.2, -0.15) is 0 Å². The normalized spacial score (nSPS) is 17.8. The maximum absolute atomic E-state index is 11.8. The van der Waals surface area contributed by atoms with Gasteiger partial charge in [0.25, 0.3) is 5.91 Å². The van der Waals surface area contributed by atoms with Gasteiger partial charge in [-0.3, -0.25) is 4.79 Å². The first kappa shape index (κ1) is 17.4. The Labute approximate surface area is 147 Å². The number of fused-ring (bicyclic) bond motifs is 1. The SMILES string of the molecule is CC[C@@H]1Oc2cc([C@@H](C)NCc3nnc(C(C)C)o3)ccc2NC1=O. The number of nitrogens with one attached hydrogen (secondary N) is 2. The van der Waals surface area contributed by atoms with Crippen LogP contribution in [-0.4, -0.2) is 22.2 Å². The fraction of sp³-hybridized carbons (Fsp3) is 0.500. The average Bonchev–Trinajstić information content (AvgIpc) is 3.08. The zero-order valence-corrected chi connectivity index (χ0v) is 15.0. The van der Waals surface area contributed by atoms with Gasteiger partial charge in [0.15, 0.2) is 6.10 Å². The van der Waals surface area contributed by atoms with E-state index in [1.165, 1.54) is 0 Å². The summed E-state index contributed by atoms with van der Waals surface area (Å²) in [5.74, 6) is 2.05. The third kappa shape index (κ3) is 3.82. The van der Waals surface area contributed by atoms with Crippen LogP contribution in [0.2, 0.25) is 0 Å². The molecule has 7 heteroatoms. The third-order valence-electron chi connectivity index (χ3n) is 4.23. The Morgan fingerprint density at radius 3 is 2.76 bits per heavy atom. The van der Waals surface area contributed by atoms with Gasteiger partial charge in [0, 0.05) is 12.0 Å². The highest BCUT2D eigenvalue weighted by atomic mass is 16.5. The lowest BCUT2D eigenvalue weighted by atomic mass is 10.1. The van der Waals surface area contributed by atoms with E-state index in [1.807, 2.05) is 39.0 Å². The standard InChI is InChI=1S/C18H24N4O3/c1-5-14-17(23)20-13-7-6-12(8-15(13)24-14)11(4)19-9-16-21-22-18(25-16)10(2)3/h6-8,10-11,14,19H,5,9H2,1-4H3,(H,20,23)/t11-,14+/m1/s1. The molecule has 0 radical (unpaired) electrons.